The average molecular weight is 342 g/mol. The molecule has 0 heterocycles. The van der Waals surface area contributed by atoms with Crippen molar-refractivity contribution < 1.29 is 5.11 Å². The van der Waals surface area contributed by atoms with Gasteiger partial charge in [-0.2, -0.15) is 0 Å². The van der Waals surface area contributed by atoms with E-state index in [0.29, 0.717) is 6.61 Å². The molecule has 0 spiro atoms. The van der Waals surface area contributed by atoms with Gasteiger partial charge in [-0.25, -0.2) is 0 Å². The van der Waals surface area contributed by atoms with Gasteiger partial charge in [-0.05, 0) is 0 Å². The van der Waals surface area contributed by atoms with Gasteiger partial charge in [0.2, 0.25) is 0 Å². The van der Waals surface area contributed by atoms with E-state index in [2.05, 4.69) is 13.8 Å². The van der Waals surface area contributed by atoms with Crippen LogP contribution < -0.4 is 0 Å². The van der Waals surface area contributed by atoms with Gasteiger partial charge in [0, 0.05) is 0 Å². The van der Waals surface area contributed by atoms with Crippen LogP contribution in [-0.2, 0) is 0 Å². The van der Waals surface area contributed by atoms with Crippen LogP contribution >= 0.6 is 8.92 Å². The van der Waals surface area contributed by atoms with Crippen molar-refractivity contribution in [3.8, 4) is 0 Å². The summed E-state index contributed by atoms with van der Waals surface area (Å²) in [4.78, 5) is 0. The molecule has 0 aromatic rings. The van der Waals surface area contributed by atoms with E-state index in [4.69, 9.17) is 14.0 Å². The molecule has 0 aliphatic rings. The van der Waals surface area contributed by atoms with Crippen LogP contribution in [-0.4, -0.2) is 29.0 Å². The third-order valence-corrected chi connectivity index (χ3v) is 17.5. The molecule has 0 saturated heterocycles. The Morgan fingerprint density at radius 1 is 0.867 bits per heavy atom. The normalized spacial score (nSPS) is 12.0. The van der Waals surface area contributed by atoms with Crippen molar-refractivity contribution in [1.29, 1.82) is 0 Å². The second-order valence-corrected chi connectivity index (χ2v) is 20.8. The molecule has 0 aromatic carbocycles. The zero-order valence-corrected chi connectivity index (χ0v) is 14.0. The number of hydrogen-bond donors (Lipinski definition) is 1. The van der Waals surface area contributed by atoms with Crippen LogP contribution in [0.5, 0.6) is 0 Å². The summed E-state index contributed by atoms with van der Waals surface area (Å²) in [6, 6.07) is 0. The summed E-state index contributed by atoms with van der Waals surface area (Å²) >= 11 is -2.23. The molecule has 0 bridgehead atoms. The van der Waals surface area contributed by atoms with Crippen molar-refractivity contribution in [2.75, 3.05) is 6.61 Å². The first-order valence-corrected chi connectivity index (χ1v) is 16.1. The third-order valence-electron chi connectivity index (χ3n) is 2.99. The van der Waals surface area contributed by atoms with Crippen molar-refractivity contribution in [2.45, 2.75) is 65.7 Å². The van der Waals surface area contributed by atoms with Crippen LogP contribution in [0.4, 0.5) is 0 Å². The quantitative estimate of drug-likeness (QED) is 0.457. The molecule has 1 nitrogen and oxygen atoms in total. The van der Waals surface area contributed by atoms with Crippen molar-refractivity contribution in [3.63, 3.8) is 0 Å². The van der Waals surface area contributed by atoms with E-state index in [1.54, 1.807) is 0 Å². The average Bonchev–Trinajstić information content (AvgIpc) is 2.24. The Hall–Kier alpha value is 1.05. The molecule has 0 amide bonds. The first-order chi connectivity index (χ1) is 7.18. The number of aliphatic hydroxyl groups excluding tert-OH is 1. The maximum atomic E-state index is 8.80. The summed E-state index contributed by atoms with van der Waals surface area (Å²) in [7, 11) is 6.86. The van der Waals surface area contributed by atoms with Crippen molar-refractivity contribution >= 4 is 26.2 Å². The number of rotatable bonds is 10. The minimum absolute atomic E-state index is 0.334. The van der Waals surface area contributed by atoms with Crippen molar-refractivity contribution in [3.05, 3.63) is 0 Å². The minimum atomic E-state index is -2.23. The molecule has 0 aliphatic carbocycles. The summed E-state index contributed by atoms with van der Waals surface area (Å²) in [5.41, 5.74) is 0. The van der Waals surface area contributed by atoms with E-state index in [-0.39, 0.29) is 0 Å². The fourth-order valence-electron chi connectivity index (χ4n) is 1.92. The third kappa shape index (κ3) is 8.82. The van der Waals surface area contributed by atoms with Gasteiger partial charge in [-0.15, -0.1) is 0 Å². The number of halogens is 1. The standard InChI is InChI=1S/C4H9O.2C4H9.ClH.Sn/c1-2-3-4-5;2*1-3-4-2;;/h5H,1-4H2;2*1,3-4H2,2H3;1H;/q;;;;+1/p-1. The topological polar surface area (TPSA) is 20.2 Å². The molecule has 0 saturated carbocycles. The Morgan fingerprint density at radius 2 is 1.33 bits per heavy atom. The molecular formula is C12H27ClOSn. The van der Waals surface area contributed by atoms with E-state index >= 15 is 0 Å². The van der Waals surface area contributed by atoms with E-state index in [1.807, 2.05) is 0 Å². The van der Waals surface area contributed by atoms with Crippen LogP contribution in [0.2, 0.25) is 13.3 Å². The Balaban J connectivity index is 3.89. The monoisotopic (exact) mass is 342 g/mol. The van der Waals surface area contributed by atoms with Gasteiger partial charge in [-0.3, -0.25) is 0 Å². The fourth-order valence-corrected chi connectivity index (χ4v) is 14.9. The van der Waals surface area contributed by atoms with Crippen LogP contribution in [0.15, 0.2) is 0 Å². The molecule has 0 radical (unpaired) electrons. The van der Waals surface area contributed by atoms with Crippen molar-refractivity contribution in [1.82, 2.24) is 0 Å². The summed E-state index contributed by atoms with van der Waals surface area (Å²) in [5.74, 6) is 0. The maximum absolute atomic E-state index is 8.80. The molecular weight excluding hydrogens is 314 g/mol. The number of aliphatic hydroxyl groups is 1. The van der Waals surface area contributed by atoms with Gasteiger partial charge in [0.15, 0.2) is 0 Å². The molecule has 0 unspecified atom stereocenters. The van der Waals surface area contributed by atoms with Crippen molar-refractivity contribution in [2.24, 2.45) is 0 Å². The summed E-state index contributed by atoms with van der Waals surface area (Å²) in [6.45, 7) is 4.83. The van der Waals surface area contributed by atoms with Crippen LogP contribution in [0.25, 0.3) is 0 Å². The molecule has 0 atom stereocenters. The Morgan fingerprint density at radius 3 is 1.73 bits per heavy atom. The Labute approximate surface area is 103 Å². The molecule has 0 aromatic heterocycles. The van der Waals surface area contributed by atoms with E-state index in [9.17, 15) is 0 Å². The molecule has 0 fully saturated rings. The molecule has 0 aliphatic heterocycles. The van der Waals surface area contributed by atoms with Gasteiger partial charge in [0.1, 0.15) is 0 Å². The fraction of sp³-hybridized carbons (Fsp3) is 1.00. The van der Waals surface area contributed by atoms with Crippen LogP contribution in [0.3, 0.4) is 0 Å². The number of unbranched alkanes of at least 4 members (excludes halogenated alkanes) is 3. The predicted molar refractivity (Wildman–Crippen MR) is 72.2 cm³/mol. The summed E-state index contributed by atoms with van der Waals surface area (Å²) in [5, 5.41) is 8.80. The first-order valence-electron chi connectivity index (χ1n) is 6.48. The van der Waals surface area contributed by atoms with Crippen LogP contribution in [0, 0.1) is 0 Å². The van der Waals surface area contributed by atoms with Gasteiger partial charge < -0.3 is 0 Å². The predicted octanol–water partition coefficient (Wildman–Crippen LogP) is 4.54. The number of hydrogen-bond acceptors (Lipinski definition) is 1. The molecule has 92 valence electrons. The molecule has 0 rings (SSSR count). The van der Waals surface area contributed by atoms with Gasteiger partial charge in [0.05, 0.1) is 0 Å². The second-order valence-electron chi connectivity index (χ2n) is 4.54. The second kappa shape index (κ2) is 10.2. The summed E-state index contributed by atoms with van der Waals surface area (Å²) < 4.78 is 3.97. The van der Waals surface area contributed by atoms with Crippen LogP contribution in [0.1, 0.15) is 52.4 Å². The van der Waals surface area contributed by atoms with Gasteiger partial charge >= 0.3 is 104 Å². The van der Waals surface area contributed by atoms with Gasteiger partial charge in [0.25, 0.3) is 0 Å². The SMILES string of the molecule is CCC[CH2][Sn]([Cl])([CH2]CCC)[CH2]CCCO. The zero-order valence-electron chi connectivity index (χ0n) is 10.4. The Kier molecular flexibility index (Phi) is 10.9. The summed E-state index contributed by atoms with van der Waals surface area (Å²) in [6.07, 6.45) is 7.30. The van der Waals surface area contributed by atoms with Gasteiger partial charge in [-0.1, -0.05) is 0 Å². The van der Waals surface area contributed by atoms with E-state index in [1.165, 1.54) is 39.0 Å². The Bertz CT molecular complexity index is 134. The zero-order chi connectivity index (χ0) is 11.6. The first kappa shape index (κ1) is 16.0. The molecule has 3 heteroatoms. The molecule has 15 heavy (non-hydrogen) atoms. The molecule has 1 N–H and O–H groups in total. The van der Waals surface area contributed by atoms with E-state index < -0.39 is 17.3 Å². The van der Waals surface area contributed by atoms with E-state index in [0.717, 1.165) is 12.8 Å².